The average molecular weight is 413 g/mol. The van der Waals surface area contributed by atoms with E-state index < -0.39 is 22.0 Å². The summed E-state index contributed by atoms with van der Waals surface area (Å²) >= 11 is 0. The zero-order valence-electron chi connectivity index (χ0n) is 16.3. The number of carboxylic acid groups (broad SMARTS) is 2. The maximum Gasteiger partial charge on any atom is 0.303 e. The van der Waals surface area contributed by atoms with Crippen molar-refractivity contribution >= 4 is 32.9 Å². The van der Waals surface area contributed by atoms with Crippen LogP contribution in [0.2, 0.25) is 0 Å². The van der Waals surface area contributed by atoms with E-state index >= 15 is 0 Å². The highest BCUT2D eigenvalue weighted by Crippen LogP contribution is 2.19. The molecule has 0 bridgehead atoms. The quantitative estimate of drug-likeness (QED) is 0.563. The molecule has 1 aromatic carbocycles. The Labute approximate surface area is 164 Å². The summed E-state index contributed by atoms with van der Waals surface area (Å²) in [7, 11) is 2.31. The van der Waals surface area contributed by atoms with E-state index in [9.17, 15) is 18.0 Å². The number of aromatic nitrogens is 1. The molecule has 0 atom stereocenters. The number of likely N-dealkylation sites (N-methyl/N-ethyl adjacent to an activating group) is 1. The van der Waals surface area contributed by atoms with Gasteiger partial charge in [-0.05, 0) is 50.3 Å². The van der Waals surface area contributed by atoms with Gasteiger partial charge in [-0.15, -0.1) is 0 Å². The maximum absolute atomic E-state index is 11.6. The molecular formula is C18H27N3O6S. The van der Waals surface area contributed by atoms with Crippen molar-refractivity contribution < 1.29 is 28.2 Å². The molecule has 0 aliphatic carbocycles. The number of hydrogen-bond donors (Lipinski definition) is 3. The van der Waals surface area contributed by atoms with Crippen LogP contribution in [0.1, 0.15) is 18.4 Å². The number of carboxylic acids is 2. The lowest BCUT2D eigenvalue weighted by molar-refractivity contribution is -0.143. The van der Waals surface area contributed by atoms with Crippen molar-refractivity contribution in [1.29, 1.82) is 0 Å². The molecule has 156 valence electrons. The number of sulfonamides is 1. The van der Waals surface area contributed by atoms with Crippen LogP contribution >= 0.6 is 0 Å². The molecule has 10 heteroatoms. The number of fused-ring (bicyclic) bond motifs is 1. The number of hydrogen-bond acceptors (Lipinski definition) is 5. The Kier molecular flexibility index (Phi) is 9.10. The standard InChI is InChI=1S/C14H21N3O2S.C4H6O4/c1-15-20(18,19)11-12-4-5-14-13(10-12)6-7-17(14)9-8-16(2)3;5-3(6)1-2-4(7)8/h4-7,10,15H,8-9,11H2,1-3H3;1-2H2,(H,5,6)(H,7,8). The van der Waals surface area contributed by atoms with E-state index in [0.717, 1.165) is 29.6 Å². The van der Waals surface area contributed by atoms with Gasteiger partial charge in [-0.3, -0.25) is 9.59 Å². The van der Waals surface area contributed by atoms with Crippen LogP contribution < -0.4 is 4.72 Å². The molecule has 28 heavy (non-hydrogen) atoms. The van der Waals surface area contributed by atoms with E-state index in [1.165, 1.54) is 7.05 Å². The van der Waals surface area contributed by atoms with Gasteiger partial charge in [0.15, 0.2) is 0 Å². The van der Waals surface area contributed by atoms with Gasteiger partial charge in [0.05, 0.1) is 18.6 Å². The monoisotopic (exact) mass is 413 g/mol. The van der Waals surface area contributed by atoms with Gasteiger partial charge in [0.2, 0.25) is 10.0 Å². The van der Waals surface area contributed by atoms with Crippen molar-refractivity contribution in [3.8, 4) is 0 Å². The van der Waals surface area contributed by atoms with Gasteiger partial charge in [-0.25, -0.2) is 13.1 Å². The summed E-state index contributed by atoms with van der Waals surface area (Å²) in [5, 5.41) is 16.9. The minimum Gasteiger partial charge on any atom is -0.481 e. The topological polar surface area (TPSA) is 129 Å². The molecule has 1 aromatic heterocycles. The number of nitrogens with one attached hydrogen (secondary N) is 1. The molecule has 0 spiro atoms. The first-order valence-electron chi connectivity index (χ1n) is 8.61. The van der Waals surface area contributed by atoms with Gasteiger partial charge in [-0.2, -0.15) is 0 Å². The molecule has 0 saturated heterocycles. The van der Waals surface area contributed by atoms with Gasteiger partial charge < -0.3 is 19.7 Å². The van der Waals surface area contributed by atoms with Gasteiger partial charge >= 0.3 is 11.9 Å². The van der Waals surface area contributed by atoms with Crippen LogP contribution in [0.3, 0.4) is 0 Å². The Balaban J connectivity index is 0.000000416. The van der Waals surface area contributed by atoms with E-state index in [2.05, 4.69) is 14.2 Å². The predicted octanol–water partition coefficient (Wildman–Crippen LogP) is 1.19. The first-order valence-corrected chi connectivity index (χ1v) is 10.3. The Morgan fingerprint density at radius 3 is 2.21 bits per heavy atom. The van der Waals surface area contributed by atoms with Crippen molar-refractivity contribution in [2.45, 2.75) is 25.1 Å². The van der Waals surface area contributed by atoms with Gasteiger partial charge in [-0.1, -0.05) is 6.07 Å². The Hall–Kier alpha value is -2.43. The molecule has 0 fully saturated rings. The van der Waals surface area contributed by atoms with Gasteiger partial charge in [0.1, 0.15) is 0 Å². The number of carbonyl (C=O) groups is 2. The summed E-state index contributed by atoms with van der Waals surface area (Å²) in [4.78, 5) is 21.4. The number of benzene rings is 1. The van der Waals surface area contributed by atoms with Crippen molar-refractivity contribution in [3.63, 3.8) is 0 Å². The van der Waals surface area contributed by atoms with Crippen molar-refractivity contribution in [2.75, 3.05) is 27.7 Å². The molecular weight excluding hydrogens is 386 g/mol. The normalized spacial score (nSPS) is 11.3. The summed E-state index contributed by atoms with van der Waals surface area (Å²) < 4.78 is 27.7. The van der Waals surface area contributed by atoms with Crippen LogP contribution in [0.15, 0.2) is 30.5 Å². The smallest absolute Gasteiger partial charge is 0.303 e. The lowest BCUT2D eigenvalue weighted by Gasteiger charge is -2.11. The highest BCUT2D eigenvalue weighted by atomic mass is 32.2. The molecule has 0 aliphatic heterocycles. The number of nitrogens with zero attached hydrogens (tertiary/aromatic N) is 2. The molecule has 0 aliphatic rings. The first kappa shape index (κ1) is 23.6. The second-order valence-corrected chi connectivity index (χ2v) is 8.38. The van der Waals surface area contributed by atoms with Crippen LogP contribution in [-0.2, 0) is 31.9 Å². The Bertz CT molecular complexity index is 891. The summed E-state index contributed by atoms with van der Waals surface area (Å²) in [5.74, 6) is -2.14. The summed E-state index contributed by atoms with van der Waals surface area (Å²) in [6.45, 7) is 1.89. The zero-order chi connectivity index (χ0) is 21.3. The first-order chi connectivity index (χ1) is 13.0. The summed E-state index contributed by atoms with van der Waals surface area (Å²) in [5.41, 5.74) is 1.94. The van der Waals surface area contributed by atoms with E-state index in [1.54, 1.807) is 0 Å². The highest BCUT2D eigenvalue weighted by molar-refractivity contribution is 7.88. The minimum absolute atomic E-state index is 0.0162. The second kappa shape index (κ2) is 10.8. The molecule has 9 nitrogen and oxygen atoms in total. The Morgan fingerprint density at radius 1 is 1.11 bits per heavy atom. The van der Waals surface area contributed by atoms with E-state index in [0.29, 0.717) is 0 Å². The van der Waals surface area contributed by atoms with Gasteiger partial charge in [0, 0.05) is 24.8 Å². The fraction of sp³-hybridized carbons (Fsp3) is 0.444. The SMILES string of the molecule is CNS(=O)(=O)Cc1ccc2c(ccn2CCN(C)C)c1.O=C(O)CCC(=O)O. The lowest BCUT2D eigenvalue weighted by atomic mass is 10.2. The fourth-order valence-corrected chi connectivity index (χ4v) is 3.11. The molecule has 0 unspecified atom stereocenters. The molecule has 0 amide bonds. The average Bonchev–Trinajstić information content (AvgIpc) is 3.00. The van der Waals surface area contributed by atoms with E-state index in [-0.39, 0.29) is 18.6 Å². The predicted molar refractivity (Wildman–Crippen MR) is 107 cm³/mol. The Morgan fingerprint density at radius 2 is 1.71 bits per heavy atom. The molecule has 0 radical (unpaired) electrons. The van der Waals surface area contributed by atoms with Gasteiger partial charge in [0.25, 0.3) is 0 Å². The molecule has 2 aromatic rings. The van der Waals surface area contributed by atoms with Crippen molar-refractivity contribution in [1.82, 2.24) is 14.2 Å². The molecule has 3 N–H and O–H groups in total. The molecule has 0 saturated carbocycles. The van der Waals surface area contributed by atoms with Crippen molar-refractivity contribution in [3.05, 3.63) is 36.0 Å². The van der Waals surface area contributed by atoms with Crippen molar-refractivity contribution in [2.24, 2.45) is 0 Å². The third-order valence-electron chi connectivity index (χ3n) is 3.84. The summed E-state index contributed by atoms with van der Waals surface area (Å²) in [6, 6.07) is 7.84. The zero-order valence-corrected chi connectivity index (χ0v) is 17.1. The van der Waals surface area contributed by atoms with Crippen LogP contribution in [0, 0.1) is 0 Å². The van der Waals surface area contributed by atoms with Crippen LogP contribution in [0.4, 0.5) is 0 Å². The minimum atomic E-state index is -3.22. The third-order valence-corrected chi connectivity index (χ3v) is 5.18. The maximum atomic E-state index is 11.6. The third kappa shape index (κ3) is 8.51. The summed E-state index contributed by atoms with van der Waals surface area (Å²) in [6.07, 6.45) is 1.45. The second-order valence-electron chi connectivity index (χ2n) is 6.46. The van der Waals surface area contributed by atoms with Crippen LogP contribution in [0.25, 0.3) is 10.9 Å². The van der Waals surface area contributed by atoms with Crippen LogP contribution in [-0.4, -0.2) is 67.7 Å². The molecule has 1 heterocycles. The lowest BCUT2D eigenvalue weighted by Crippen LogP contribution is -2.20. The fourth-order valence-electron chi connectivity index (χ4n) is 2.35. The largest absolute Gasteiger partial charge is 0.481 e. The highest BCUT2D eigenvalue weighted by Gasteiger charge is 2.10. The van der Waals surface area contributed by atoms with Crippen LogP contribution in [0.5, 0.6) is 0 Å². The van der Waals surface area contributed by atoms with E-state index in [1.807, 2.05) is 44.6 Å². The van der Waals surface area contributed by atoms with E-state index in [4.69, 9.17) is 10.2 Å². The molecule has 2 rings (SSSR count). The number of aliphatic carboxylic acids is 2. The number of rotatable bonds is 9.